The zero-order chi connectivity index (χ0) is 20.1. The topological polar surface area (TPSA) is 110 Å². The predicted molar refractivity (Wildman–Crippen MR) is 99.9 cm³/mol. The monoisotopic (exact) mass is 384 g/mol. The molecule has 1 aromatic carbocycles. The van der Waals surface area contributed by atoms with Crippen LogP contribution in [0.4, 0.5) is 10.6 Å². The van der Waals surface area contributed by atoms with Gasteiger partial charge in [0.1, 0.15) is 11.9 Å². The third kappa shape index (κ3) is 4.20. The number of benzene rings is 1. The Bertz CT molecular complexity index is 887. The van der Waals surface area contributed by atoms with Gasteiger partial charge in [0.25, 0.3) is 5.91 Å². The first-order chi connectivity index (χ1) is 13.5. The van der Waals surface area contributed by atoms with Crippen LogP contribution in [-0.4, -0.2) is 48.0 Å². The maximum absolute atomic E-state index is 12.6. The van der Waals surface area contributed by atoms with Gasteiger partial charge in [-0.25, -0.2) is 9.78 Å². The highest BCUT2D eigenvalue weighted by molar-refractivity contribution is 6.06. The fourth-order valence-corrected chi connectivity index (χ4v) is 2.84. The Labute approximate surface area is 161 Å². The first kappa shape index (κ1) is 19.2. The quantitative estimate of drug-likeness (QED) is 0.701. The Hall–Kier alpha value is -3.62. The van der Waals surface area contributed by atoms with Gasteiger partial charge in [-0.2, -0.15) is 0 Å². The molecule has 0 bridgehead atoms. The number of methoxy groups -OCH3 is 2. The van der Waals surface area contributed by atoms with Crippen LogP contribution in [0, 0.1) is 0 Å². The Morgan fingerprint density at radius 1 is 1.18 bits per heavy atom. The minimum absolute atomic E-state index is 0.0589. The van der Waals surface area contributed by atoms with Crippen molar-refractivity contribution in [2.45, 2.75) is 19.0 Å². The number of carbonyl (C=O) groups excluding carboxylic acids is 3. The highest BCUT2D eigenvalue weighted by Crippen LogP contribution is 2.28. The van der Waals surface area contributed by atoms with Crippen LogP contribution in [0.25, 0.3) is 0 Å². The van der Waals surface area contributed by atoms with Crippen molar-refractivity contribution in [2.75, 3.05) is 19.5 Å². The van der Waals surface area contributed by atoms with E-state index >= 15 is 0 Å². The normalized spacial score (nSPS) is 15.9. The van der Waals surface area contributed by atoms with Crippen molar-refractivity contribution in [1.29, 1.82) is 0 Å². The maximum Gasteiger partial charge on any atom is 0.325 e. The minimum Gasteiger partial charge on any atom is -0.493 e. The van der Waals surface area contributed by atoms with Crippen molar-refractivity contribution >= 4 is 23.7 Å². The van der Waals surface area contributed by atoms with Crippen molar-refractivity contribution < 1.29 is 23.9 Å². The zero-order valence-electron chi connectivity index (χ0n) is 15.5. The van der Waals surface area contributed by atoms with Crippen LogP contribution in [0.1, 0.15) is 12.0 Å². The molecule has 3 rings (SSSR count). The van der Waals surface area contributed by atoms with E-state index in [0.717, 1.165) is 4.90 Å². The second-order valence-electron chi connectivity index (χ2n) is 6.08. The van der Waals surface area contributed by atoms with E-state index in [1.165, 1.54) is 14.2 Å². The van der Waals surface area contributed by atoms with Gasteiger partial charge in [0.2, 0.25) is 5.91 Å². The van der Waals surface area contributed by atoms with Gasteiger partial charge in [0.05, 0.1) is 27.2 Å². The largest absolute Gasteiger partial charge is 0.493 e. The van der Waals surface area contributed by atoms with Crippen LogP contribution in [-0.2, 0) is 16.1 Å². The number of ether oxygens (including phenoxy) is 2. The molecule has 28 heavy (non-hydrogen) atoms. The summed E-state index contributed by atoms with van der Waals surface area (Å²) in [5, 5.41) is 5.14. The molecule has 4 amide bonds. The molecule has 0 aliphatic carbocycles. The Balaban J connectivity index is 1.64. The highest BCUT2D eigenvalue weighted by atomic mass is 16.5. The molecule has 1 aliphatic rings. The fraction of sp³-hybridized carbons (Fsp3) is 0.263. The second kappa shape index (κ2) is 8.38. The average molecular weight is 384 g/mol. The Morgan fingerprint density at radius 3 is 2.64 bits per heavy atom. The number of hydrogen-bond donors (Lipinski definition) is 2. The van der Waals surface area contributed by atoms with Crippen LogP contribution >= 0.6 is 0 Å². The molecule has 0 spiro atoms. The van der Waals surface area contributed by atoms with E-state index in [4.69, 9.17) is 9.47 Å². The predicted octanol–water partition coefficient (Wildman–Crippen LogP) is 1.55. The molecule has 0 radical (unpaired) electrons. The molecule has 9 heteroatoms. The number of imide groups is 1. The summed E-state index contributed by atoms with van der Waals surface area (Å²) >= 11 is 0. The van der Waals surface area contributed by atoms with Crippen molar-refractivity contribution in [2.24, 2.45) is 0 Å². The van der Waals surface area contributed by atoms with Crippen LogP contribution in [0.3, 0.4) is 0 Å². The molecule has 1 aromatic heterocycles. The molecule has 1 saturated heterocycles. The van der Waals surface area contributed by atoms with Gasteiger partial charge in [-0.15, -0.1) is 0 Å². The molecule has 1 atom stereocenters. The number of amides is 4. The van der Waals surface area contributed by atoms with Crippen LogP contribution in [0.2, 0.25) is 0 Å². The first-order valence-electron chi connectivity index (χ1n) is 8.55. The number of anilines is 1. The van der Waals surface area contributed by atoms with Gasteiger partial charge >= 0.3 is 6.03 Å². The lowest BCUT2D eigenvalue weighted by molar-refractivity contribution is -0.130. The molecule has 2 aromatic rings. The third-order valence-corrected chi connectivity index (χ3v) is 4.22. The number of rotatable bonds is 7. The van der Waals surface area contributed by atoms with Crippen LogP contribution in [0.15, 0.2) is 42.6 Å². The first-order valence-corrected chi connectivity index (χ1v) is 8.55. The van der Waals surface area contributed by atoms with E-state index in [1.54, 1.807) is 42.6 Å². The molecule has 146 valence electrons. The SMILES string of the molecule is COc1ccc(CN2C(=O)N[C@H](CC(=O)Nc3ccccn3)C2=O)cc1OC. The van der Waals surface area contributed by atoms with E-state index < -0.39 is 23.9 Å². The zero-order valence-corrected chi connectivity index (χ0v) is 15.5. The van der Waals surface area contributed by atoms with E-state index in [1.807, 2.05) is 0 Å². The third-order valence-electron chi connectivity index (χ3n) is 4.22. The number of urea groups is 1. The molecular formula is C19H20N4O5. The summed E-state index contributed by atoms with van der Waals surface area (Å²) in [4.78, 5) is 42.0. The summed E-state index contributed by atoms with van der Waals surface area (Å²) in [5.41, 5.74) is 0.694. The second-order valence-corrected chi connectivity index (χ2v) is 6.08. The van der Waals surface area contributed by atoms with Gasteiger partial charge in [-0.3, -0.25) is 14.5 Å². The van der Waals surface area contributed by atoms with Crippen molar-refractivity contribution in [3.63, 3.8) is 0 Å². The number of nitrogens with one attached hydrogen (secondary N) is 2. The van der Waals surface area contributed by atoms with Crippen molar-refractivity contribution in [3.05, 3.63) is 48.2 Å². The molecule has 2 N–H and O–H groups in total. The molecule has 9 nitrogen and oxygen atoms in total. The van der Waals surface area contributed by atoms with Crippen molar-refractivity contribution in [3.8, 4) is 11.5 Å². The maximum atomic E-state index is 12.6. The van der Waals surface area contributed by atoms with Gasteiger partial charge in [0.15, 0.2) is 11.5 Å². The lowest BCUT2D eigenvalue weighted by Gasteiger charge is -2.15. The summed E-state index contributed by atoms with van der Waals surface area (Å²) in [6, 6.07) is 8.76. The number of carbonyl (C=O) groups is 3. The highest BCUT2D eigenvalue weighted by Gasteiger charge is 2.39. The van der Waals surface area contributed by atoms with Crippen LogP contribution < -0.4 is 20.1 Å². The Morgan fingerprint density at radius 2 is 1.96 bits per heavy atom. The average Bonchev–Trinajstić information content (AvgIpc) is 2.95. The number of nitrogens with zero attached hydrogens (tertiary/aromatic N) is 2. The summed E-state index contributed by atoms with van der Waals surface area (Å²) in [6.45, 7) is 0.0589. The van der Waals surface area contributed by atoms with Gasteiger partial charge < -0.3 is 20.1 Å². The smallest absolute Gasteiger partial charge is 0.325 e. The molecule has 1 fully saturated rings. The summed E-state index contributed by atoms with van der Waals surface area (Å²) in [6.07, 6.45) is 1.37. The van der Waals surface area contributed by atoms with Crippen LogP contribution in [0.5, 0.6) is 11.5 Å². The molecule has 0 unspecified atom stereocenters. The standard InChI is InChI=1S/C19H20N4O5/c1-27-14-7-6-12(9-15(14)28-2)11-23-18(25)13(21-19(23)26)10-17(24)22-16-5-3-4-8-20-16/h3-9,13H,10-11H2,1-2H3,(H,21,26)(H,20,22,24)/t13-/m1/s1. The molecule has 1 aliphatic heterocycles. The molecule has 0 saturated carbocycles. The number of pyridine rings is 1. The minimum atomic E-state index is -0.920. The lowest BCUT2D eigenvalue weighted by atomic mass is 10.1. The van der Waals surface area contributed by atoms with E-state index in [2.05, 4.69) is 15.6 Å². The Kier molecular flexibility index (Phi) is 5.73. The van der Waals surface area contributed by atoms with Gasteiger partial charge in [0, 0.05) is 6.20 Å². The number of hydrogen-bond acceptors (Lipinski definition) is 6. The van der Waals surface area contributed by atoms with E-state index in [0.29, 0.717) is 22.9 Å². The molecule has 2 heterocycles. The van der Waals surface area contributed by atoms with Gasteiger partial charge in [-0.05, 0) is 29.8 Å². The fourth-order valence-electron chi connectivity index (χ4n) is 2.84. The summed E-state index contributed by atoms with van der Waals surface area (Å²) in [5.74, 6) is 0.554. The van der Waals surface area contributed by atoms with Crippen molar-refractivity contribution in [1.82, 2.24) is 15.2 Å². The summed E-state index contributed by atoms with van der Waals surface area (Å²) in [7, 11) is 3.03. The summed E-state index contributed by atoms with van der Waals surface area (Å²) < 4.78 is 10.4. The van der Waals surface area contributed by atoms with E-state index in [-0.39, 0.29) is 13.0 Å². The lowest BCUT2D eigenvalue weighted by Crippen LogP contribution is -2.34. The van der Waals surface area contributed by atoms with E-state index in [9.17, 15) is 14.4 Å². The van der Waals surface area contributed by atoms with Gasteiger partial charge in [-0.1, -0.05) is 12.1 Å². The number of aromatic nitrogens is 1. The molecular weight excluding hydrogens is 364 g/mol.